The first-order valence-corrected chi connectivity index (χ1v) is 8.14. The Balaban J connectivity index is 1.43. The highest BCUT2D eigenvalue weighted by Crippen LogP contribution is 2.28. The molecule has 1 N–H and O–H groups in total. The third-order valence-electron chi connectivity index (χ3n) is 4.56. The Morgan fingerprint density at radius 2 is 2.00 bits per heavy atom. The molecule has 0 radical (unpaired) electrons. The van der Waals surface area contributed by atoms with E-state index in [0.717, 1.165) is 32.4 Å². The fourth-order valence-electron chi connectivity index (χ4n) is 3.46. The Hall–Kier alpha value is -1.62. The van der Waals surface area contributed by atoms with E-state index < -0.39 is 0 Å². The zero-order chi connectivity index (χ0) is 15.4. The lowest BCUT2D eigenvalue weighted by Crippen LogP contribution is -2.42. The second-order valence-corrected chi connectivity index (χ2v) is 6.08. The van der Waals surface area contributed by atoms with Crippen LogP contribution in [0.15, 0.2) is 24.3 Å². The minimum atomic E-state index is -0.271. The van der Waals surface area contributed by atoms with Gasteiger partial charge in [-0.15, -0.1) is 0 Å². The quantitative estimate of drug-likeness (QED) is 0.849. The van der Waals surface area contributed by atoms with E-state index in [9.17, 15) is 9.18 Å². The molecule has 1 aromatic rings. The van der Waals surface area contributed by atoms with Crippen molar-refractivity contribution >= 4 is 5.91 Å². The van der Waals surface area contributed by atoms with Crippen LogP contribution in [-0.4, -0.2) is 42.6 Å². The number of carbonyl (C=O) groups excluding carboxylic acids is 1. The maximum Gasteiger partial charge on any atom is 0.223 e. The highest BCUT2D eigenvalue weighted by molar-refractivity contribution is 5.77. The molecule has 2 atom stereocenters. The predicted molar refractivity (Wildman–Crippen MR) is 82.3 cm³/mol. The molecule has 1 aromatic carbocycles. The molecular formula is C17H23FN2O2. The molecule has 2 saturated heterocycles. The third-order valence-corrected chi connectivity index (χ3v) is 4.56. The van der Waals surface area contributed by atoms with Crippen LogP contribution in [0, 0.1) is 5.82 Å². The van der Waals surface area contributed by atoms with E-state index >= 15 is 0 Å². The Kier molecular flexibility index (Phi) is 4.93. The molecule has 22 heavy (non-hydrogen) atoms. The van der Waals surface area contributed by atoms with E-state index in [4.69, 9.17) is 4.74 Å². The number of ether oxygens (including phenoxy) is 1. The van der Waals surface area contributed by atoms with Crippen LogP contribution < -0.4 is 10.1 Å². The SMILES string of the molecule is O=C(CCCOc1ccc(F)cc1)N1C2CCNCC1CC2. The second-order valence-electron chi connectivity index (χ2n) is 6.08. The van der Waals surface area contributed by atoms with Gasteiger partial charge in [-0.25, -0.2) is 4.39 Å². The van der Waals surface area contributed by atoms with Gasteiger partial charge in [-0.05, 0) is 56.5 Å². The first-order chi connectivity index (χ1) is 10.7. The van der Waals surface area contributed by atoms with Gasteiger partial charge in [-0.1, -0.05) is 0 Å². The largest absolute Gasteiger partial charge is 0.494 e. The molecular weight excluding hydrogens is 283 g/mol. The summed E-state index contributed by atoms with van der Waals surface area (Å²) in [5, 5.41) is 3.41. The number of nitrogens with one attached hydrogen (secondary N) is 1. The number of hydrogen-bond donors (Lipinski definition) is 1. The molecule has 2 aliphatic heterocycles. The van der Waals surface area contributed by atoms with Crippen LogP contribution in [-0.2, 0) is 4.79 Å². The molecule has 2 unspecified atom stereocenters. The molecule has 0 saturated carbocycles. The number of amides is 1. The Morgan fingerprint density at radius 3 is 2.82 bits per heavy atom. The molecule has 2 aliphatic rings. The molecule has 4 nitrogen and oxygen atoms in total. The smallest absolute Gasteiger partial charge is 0.223 e. The van der Waals surface area contributed by atoms with E-state index in [2.05, 4.69) is 10.2 Å². The van der Waals surface area contributed by atoms with Gasteiger partial charge in [-0.3, -0.25) is 4.79 Å². The van der Waals surface area contributed by atoms with Crippen molar-refractivity contribution < 1.29 is 13.9 Å². The van der Waals surface area contributed by atoms with Crippen molar-refractivity contribution in [1.82, 2.24) is 10.2 Å². The molecule has 1 amide bonds. The highest BCUT2D eigenvalue weighted by atomic mass is 19.1. The topological polar surface area (TPSA) is 41.6 Å². The minimum Gasteiger partial charge on any atom is -0.494 e. The van der Waals surface area contributed by atoms with Crippen LogP contribution in [0.3, 0.4) is 0 Å². The normalized spacial score (nSPS) is 24.1. The van der Waals surface area contributed by atoms with E-state index in [1.165, 1.54) is 12.1 Å². The van der Waals surface area contributed by atoms with Crippen molar-refractivity contribution in [2.24, 2.45) is 0 Å². The number of nitrogens with zero attached hydrogens (tertiary/aromatic N) is 1. The van der Waals surface area contributed by atoms with Crippen molar-refractivity contribution in [3.63, 3.8) is 0 Å². The van der Waals surface area contributed by atoms with Crippen molar-refractivity contribution in [2.45, 2.75) is 44.2 Å². The zero-order valence-corrected chi connectivity index (χ0v) is 12.8. The average Bonchev–Trinajstić information content (AvgIpc) is 2.78. The number of rotatable bonds is 5. The molecule has 2 fully saturated rings. The standard InChI is InChI=1S/C17H23FN2O2/c18-13-3-7-16(8-4-13)22-11-1-2-17(21)20-14-5-6-15(20)12-19-10-9-14/h3-4,7-8,14-15,19H,1-2,5-6,9-12H2. The number of hydrogen-bond acceptors (Lipinski definition) is 3. The maximum absolute atomic E-state index is 12.8. The van der Waals surface area contributed by atoms with Crippen LogP contribution in [0.1, 0.15) is 32.1 Å². The van der Waals surface area contributed by atoms with E-state index in [1.54, 1.807) is 12.1 Å². The van der Waals surface area contributed by atoms with Gasteiger partial charge in [0.25, 0.3) is 0 Å². The summed E-state index contributed by atoms with van der Waals surface area (Å²) >= 11 is 0. The number of carbonyl (C=O) groups is 1. The van der Waals surface area contributed by atoms with Crippen molar-refractivity contribution in [3.05, 3.63) is 30.1 Å². The predicted octanol–water partition coefficient (Wildman–Crippen LogP) is 2.34. The molecule has 120 valence electrons. The third kappa shape index (κ3) is 3.58. The number of halogens is 1. The first-order valence-electron chi connectivity index (χ1n) is 8.14. The van der Waals surface area contributed by atoms with E-state index in [0.29, 0.717) is 37.3 Å². The highest BCUT2D eigenvalue weighted by Gasteiger charge is 2.37. The molecule has 0 aliphatic carbocycles. The molecule has 0 aromatic heterocycles. The molecule has 2 heterocycles. The summed E-state index contributed by atoms with van der Waals surface area (Å²) in [6.07, 6.45) is 4.54. The van der Waals surface area contributed by atoms with Crippen LogP contribution in [0.2, 0.25) is 0 Å². The summed E-state index contributed by atoms with van der Waals surface area (Å²) < 4.78 is 18.3. The van der Waals surface area contributed by atoms with Gasteiger partial charge in [0.2, 0.25) is 5.91 Å². The van der Waals surface area contributed by atoms with Crippen LogP contribution in [0.5, 0.6) is 5.75 Å². The van der Waals surface area contributed by atoms with Gasteiger partial charge in [0.05, 0.1) is 6.61 Å². The molecule has 2 bridgehead atoms. The van der Waals surface area contributed by atoms with Gasteiger partial charge < -0.3 is 15.0 Å². The first kappa shape index (κ1) is 15.3. The van der Waals surface area contributed by atoms with Crippen LogP contribution in [0.25, 0.3) is 0 Å². The molecule has 3 rings (SSSR count). The maximum atomic E-state index is 12.8. The van der Waals surface area contributed by atoms with Gasteiger partial charge in [0, 0.05) is 25.0 Å². The zero-order valence-electron chi connectivity index (χ0n) is 12.8. The summed E-state index contributed by atoms with van der Waals surface area (Å²) in [6.45, 7) is 2.42. The summed E-state index contributed by atoms with van der Waals surface area (Å²) in [5.41, 5.74) is 0. The Labute approximate surface area is 130 Å². The molecule has 0 spiro atoms. The minimum absolute atomic E-state index is 0.249. The molecule has 5 heteroatoms. The van der Waals surface area contributed by atoms with Gasteiger partial charge in [0.1, 0.15) is 11.6 Å². The monoisotopic (exact) mass is 306 g/mol. The van der Waals surface area contributed by atoms with E-state index in [-0.39, 0.29) is 11.7 Å². The Bertz CT molecular complexity index is 492. The van der Waals surface area contributed by atoms with Crippen LogP contribution >= 0.6 is 0 Å². The van der Waals surface area contributed by atoms with Crippen molar-refractivity contribution in [1.29, 1.82) is 0 Å². The lowest BCUT2D eigenvalue weighted by atomic mass is 10.1. The number of fused-ring (bicyclic) bond motifs is 2. The lowest BCUT2D eigenvalue weighted by molar-refractivity contribution is -0.134. The summed E-state index contributed by atoms with van der Waals surface area (Å²) in [6, 6.07) is 6.77. The number of benzene rings is 1. The van der Waals surface area contributed by atoms with Gasteiger partial charge in [-0.2, -0.15) is 0 Å². The van der Waals surface area contributed by atoms with Crippen LogP contribution in [0.4, 0.5) is 4.39 Å². The van der Waals surface area contributed by atoms with Gasteiger partial charge >= 0.3 is 0 Å². The Morgan fingerprint density at radius 1 is 1.23 bits per heavy atom. The fraction of sp³-hybridized carbons (Fsp3) is 0.588. The summed E-state index contributed by atoms with van der Waals surface area (Å²) in [4.78, 5) is 14.6. The summed E-state index contributed by atoms with van der Waals surface area (Å²) in [7, 11) is 0. The van der Waals surface area contributed by atoms with Crippen molar-refractivity contribution in [3.8, 4) is 5.75 Å². The van der Waals surface area contributed by atoms with Gasteiger partial charge in [0.15, 0.2) is 0 Å². The second kappa shape index (κ2) is 7.09. The summed E-state index contributed by atoms with van der Waals surface area (Å²) in [5.74, 6) is 0.625. The lowest BCUT2D eigenvalue weighted by Gasteiger charge is -2.28. The fourth-order valence-corrected chi connectivity index (χ4v) is 3.46. The van der Waals surface area contributed by atoms with Crippen molar-refractivity contribution in [2.75, 3.05) is 19.7 Å². The average molecular weight is 306 g/mol. The van der Waals surface area contributed by atoms with E-state index in [1.807, 2.05) is 0 Å².